The van der Waals surface area contributed by atoms with Gasteiger partial charge < -0.3 is 10.4 Å². The van der Waals surface area contributed by atoms with Crippen molar-refractivity contribution in [2.45, 2.75) is 38.6 Å². The topological polar surface area (TPSA) is 66.4 Å². The molecule has 0 heterocycles. The van der Waals surface area contributed by atoms with Crippen molar-refractivity contribution in [1.29, 1.82) is 0 Å². The highest BCUT2D eigenvalue weighted by molar-refractivity contribution is 5.85. The third kappa shape index (κ3) is 3.38. The number of aliphatic carboxylic acids is 1. The molecule has 2 N–H and O–H groups in total. The van der Waals surface area contributed by atoms with Crippen LogP contribution in [0.15, 0.2) is 12.2 Å². The first-order chi connectivity index (χ1) is 7.15. The van der Waals surface area contributed by atoms with Gasteiger partial charge in [0.25, 0.3) is 0 Å². The second-order valence-corrected chi connectivity index (χ2v) is 3.83. The number of nitrogens with one attached hydrogen (secondary N) is 1. The van der Waals surface area contributed by atoms with Crippen LogP contribution in [0.25, 0.3) is 0 Å². The van der Waals surface area contributed by atoms with E-state index < -0.39 is 12.0 Å². The summed E-state index contributed by atoms with van der Waals surface area (Å²) in [4.78, 5) is 22.4. The standard InChI is InChI=1S/C11H17NO3/c1-2-5-9(11(14)15)12-10(13)8-6-3-4-7-8/h3-4,8-9H,2,5-7H2,1H3,(H,12,13)(H,14,15)/t9-/m0/s1. The summed E-state index contributed by atoms with van der Waals surface area (Å²) in [6, 6.07) is -0.733. The van der Waals surface area contributed by atoms with Crippen molar-refractivity contribution in [1.82, 2.24) is 5.32 Å². The molecule has 0 saturated carbocycles. The average Bonchev–Trinajstić information content (AvgIpc) is 2.69. The van der Waals surface area contributed by atoms with Crippen LogP contribution >= 0.6 is 0 Å². The number of carboxylic acids is 1. The Kier molecular flexibility index (Phi) is 4.34. The monoisotopic (exact) mass is 211 g/mol. The number of rotatable bonds is 5. The average molecular weight is 211 g/mol. The Labute approximate surface area is 89.4 Å². The molecule has 4 heteroatoms. The van der Waals surface area contributed by atoms with Gasteiger partial charge in [0, 0.05) is 5.92 Å². The van der Waals surface area contributed by atoms with E-state index in [9.17, 15) is 9.59 Å². The van der Waals surface area contributed by atoms with E-state index >= 15 is 0 Å². The number of hydrogen-bond acceptors (Lipinski definition) is 2. The summed E-state index contributed by atoms with van der Waals surface area (Å²) >= 11 is 0. The van der Waals surface area contributed by atoms with E-state index in [0.717, 1.165) is 19.3 Å². The summed E-state index contributed by atoms with van der Waals surface area (Å²) in [5.74, 6) is -1.15. The first-order valence-electron chi connectivity index (χ1n) is 5.33. The van der Waals surface area contributed by atoms with Crippen molar-refractivity contribution in [3.63, 3.8) is 0 Å². The van der Waals surface area contributed by atoms with Gasteiger partial charge in [-0.25, -0.2) is 4.79 Å². The Bertz CT molecular complexity index is 265. The van der Waals surface area contributed by atoms with E-state index in [4.69, 9.17) is 5.11 Å². The number of carboxylic acid groups (broad SMARTS) is 1. The van der Waals surface area contributed by atoms with Crippen LogP contribution in [0.4, 0.5) is 0 Å². The number of carbonyl (C=O) groups excluding carboxylic acids is 1. The molecule has 0 aromatic rings. The molecule has 1 amide bonds. The molecule has 0 aromatic heterocycles. The van der Waals surface area contributed by atoms with Crippen LogP contribution in [-0.2, 0) is 9.59 Å². The van der Waals surface area contributed by atoms with Gasteiger partial charge in [-0.1, -0.05) is 25.5 Å². The molecular weight excluding hydrogens is 194 g/mol. The highest BCUT2D eigenvalue weighted by Crippen LogP contribution is 2.17. The highest BCUT2D eigenvalue weighted by atomic mass is 16.4. The van der Waals surface area contributed by atoms with E-state index in [1.165, 1.54) is 0 Å². The van der Waals surface area contributed by atoms with Crippen LogP contribution in [-0.4, -0.2) is 23.0 Å². The molecule has 1 rings (SSSR count). The molecule has 0 bridgehead atoms. The smallest absolute Gasteiger partial charge is 0.326 e. The number of carbonyl (C=O) groups is 2. The fourth-order valence-electron chi connectivity index (χ4n) is 1.67. The van der Waals surface area contributed by atoms with Gasteiger partial charge in [0.05, 0.1) is 0 Å². The molecule has 0 fully saturated rings. The minimum Gasteiger partial charge on any atom is -0.480 e. The molecule has 0 radical (unpaired) electrons. The van der Waals surface area contributed by atoms with E-state index in [0.29, 0.717) is 6.42 Å². The van der Waals surface area contributed by atoms with Crippen LogP contribution in [0.1, 0.15) is 32.6 Å². The second kappa shape index (κ2) is 5.53. The van der Waals surface area contributed by atoms with Crippen LogP contribution in [0.5, 0.6) is 0 Å². The maximum Gasteiger partial charge on any atom is 0.326 e. The molecule has 1 aliphatic carbocycles. The van der Waals surface area contributed by atoms with Gasteiger partial charge >= 0.3 is 5.97 Å². The number of amides is 1. The number of allylic oxidation sites excluding steroid dienone is 2. The fourth-order valence-corrected chi connectivity index (χ4v) is 1.67. The third-order valence-corrected chi connectivity index (χ3v) is 2.57. The van der Waals surface area contributed by atoms with Crippen LogP contribution in [0, 0.1) is 5.92 Å². The Morgan fingerprint density at radius 1 is 1.47 bits per heavy atom. The van der Waals surface area contributed by atoms with Gasteiger partial charge in [-0.15, -0.1) is 0 Å². The predicted molar refractivity (Wildman–Crippen MR) is 56.3 cm³/mol. The van der Waals surface area contributed by atoms with Gasteiger partial charge in [-0.2, -0.15) is 0 Å². The predicted octanol–water partition coefficient (Wildman–Crippen LogP) is 1.32. The quantitative estimate of drug-likeness (QED) is 0.674. The minimum atomic E-state index is -0.948. The van der Waals surface area contributed by atoms with Gasteiger partial charge in [-0.05, 0) is 19.3 Å². The first kappa shape index (κ1) is 11.8. The first-order valence-corrected chi connectivity index (χ1v) is 5.33. The molecule has 0 spiro atoms. The molecule has 0 aromatic carbocycles. The van der Waals surface area contributed by atoms with Gasteiger partial charge in [-0.3, -0.25) is 4.79 Å². The van der Waals surface area contributed by atoms with Crippen molar-refractivity contribution in [2.75, 3.05) is 0 Å². The fraction of sp³-hybridized carbons (Fsp3) is 0.636. The van der Waals surface area contributed by atoms with Crippen LogP contribution in [0.3, 0.4) is 0 Å². The van der Waals surface area contributed by atoms with Gasteiger partial charge in [0.1, 0.15) is 6.04 Å². The van der Waals surface area contributed by atoms with Gasteiger partial charge in [0.2, 0.25) is 5.91 Å². The molecular formula is C11H17NO3. The third-order valence-electron chi connectivity index (χ3n) is 2.57. The summed E-state index contributed by atoms with van der Waals surface area (Å²) in [6.07, 6.45) is 6.61. The molecule has 84 valence electrons. The second-order valence-electron chi connectivity index (χ2n) is 3.83. The van der Waals surface area contributed by atoms with Crippen molar-refractivity contribution >= 4 is 11.9 Å². The summed E-state index contributed by atoms with van der Waals surface area (Å²) in [7, 11) is 0. The summed E-state index contributed by atoms with van der Waals surface area (Å²) in [5.41, 5.74) is 0. The number of hydrogen-bond donors (Lipinski definition) is 2. The molecule has 0 unspecified atom stereocenters. The lowest BCUT2D eigenvalue weighted by atomic mass is 10.1. The Morgan fingerprint density at radius 3 is 2.53 bits per heavy atom. The van der Waals surface area contributed by atoms with Gasteiger partial charge in [0.15, 0.2) is 0 Å². The Balaban J connectivity index is 2.43. The van der Waals surface area contributed by atoms with E-state index in [1.807, 2.05) is 19.1 Å². The maximum absolute atomic E-state index is 11.6. The Morgan fingerprint density at radius 2 is 2.07 bits per heavy atom. The zero-order valence-electron chi connectivity index (χ0n) is 8.90. The zero-order chi connectivity index (χ0) is 11.3. The molecule has 1 atom stereocenters. The summed E-state index contributed by atoms with van der Waals surface area (Å²) in [5, 5.41) is 11.4. The van der Waals surface area contributed by atoms with E-state index in [2.05, 4.69) is 5.32 Å². The highest BCUT2D eigenvalue weighted by Gasteiger charge is 2.24. The lowest BCUT2D eigenvalue weighted by Crippen LogP contribution is -2.43. The lowest BCUT2D eigenvalue weighted by Gasteiger charge is -2.16. The molecule has 15 heavy (non-hydrogen) atoms. The zero-order valence-corrected chi connectivity index (χ0v) is 8.90. The van der Waals surface area contributed by atoms with Crippen molar-refractivity contribution in [2.24, 2.45) is 5.92 Å². The van der Waals surface area contributed by atoms with E-state index in [1.54, 1.807) is 0 Å². The summed E-state index contributed by atoms with van der Waals surface area (Å²) < 4.78 is 0. The molecule has 0 aliphatic heterocycles. The van der Waals surface area contributed by atoms with Crippen molar-refractivity contribution in [3.05, 3.63) is 12.2 Å². The lowest BCUT2D eigenvalue weighted by molar-refractivity contribution is -0.142. The molecule has 1 aliphatic rings. The van der Waals surface area contributed by atoms with Crippen molar-refractivity contribution in [3.8, 4) is 0 Å². The van der Waals surface area contributed by atoms with E-state index in [-0.39, 0.29) is 11.8 Å². The molecule has 4 nitrogen and oxygen atoms in total. The largest absolute Gasteiger partial charge is 0.480 e. The minimum absolute atomic E-state index is 0.0660. The summed E-state index contributed by atoms with van der Waals surface area (Å²) in [6.45, 7) is 1.90. The van der Waals surface area contributed by atoms with Crippen LogP contribution < -0.4 is 5.32 Å². The van der Waals surface area contributed by atoms with Crippen molar-refractivity contribution < 1.29 is 14.7 Å². The SMILES string of the molecule is CCC[C@H](NC(=O)C1CC=CC1)C(=O)O. The molecule has 0 saturated heterocycles. The van der Waals surface area contributed by atoms with Crippen LogP contribution in [0.2, 0.25) is 0 Å². The maximum atomic E-state index is 11.6. The normalized spacial score (nSPS) is 17.7. The Hall–Kier alpha value is -1.32.